The van der Waals surface area contributed by atoms with Gasteiger partial charge in [-0.2, -0.15) is 0 Å². The molecule has 2 heteroatoms. The average molecular weight is 514 g/mol. The second kappa shape index (κ2) is 9.22. The largest absolute Gasteiger partial charge is 0.0891 e. The lowest BCUT2D eigenvalue weighted by Gasteiger charge is -2.61. The van der Waals surface area contributed by atoms with Gasteiger partial charge >= 0.3 is 0 Å². The van der Waals surface area contributed by atoms with Gasteiger partial charge in [-0.3, -0.25) is 0 Å². The number of rotatable bonds is 2. The molecule has 5 aliphatic carbocycles. The van der Waals surface area contributed by atoms with E-state index in [4.69, 9.17) is 0 Å². The molecule has 0 bridgehead atoms. The number of hydrogen-bond donors (Lipinski definition) is 0. The van der Waals surface area contributed by atoms with Gasteiger partial charge in [0.05, 0.1) is 0 Å². The molecular formula is C26H42Br2. The van der Waals surface area contributed by atoms with Crippen molar-refractivity contribution in [2.24, 2.45) is 47.3 Å². The molecule has 0 nitrogen and oxygen atoms in total. The molecule has 0 aromatic carbocycles. The minimum atomic E-state index is 0.816. The van der Waals surface area contributed by atoms with E-state index < -0.39 is 0 Å². The van der Waals surface area contributed by atoms with Gasteiger partial charge in [0.2, 0.25) is 0 Å². The van der Waals surface area contributed by atoms with Gasteiger partial charge in [0.15, 0.2) is 0 Å². The number of alkyl halides is 2. The molecule has 0 aromatic rings. The predicted molar refractivity (Wildman–Crippen MR) is 127 cm³/mol. The second-order valence-electron chi connectivity index (χ2n) is 11.4. The molecule has 0 heterocycles. The summed E-state index contributed by atoms with van der Waals surface area (Å²) in [5.74, 6) is 8.57. The monoisotopic (exact) mass is 512 g/mol. The van der Waals surface area contributed by atoms with Crippen LogP contribution in [0.5, 0.6) is 0 Å². The van der Waals surface area contributed by atoms with Crippen LogP contribution < -0.4 is 0 Å². The van der Waals surface area contributed by atoms with Crippen LogP contribution in [-0.2, 0) is 0 Å². The molecule has 28 heavy (non-hydrogen) atoms. The fourth-order valence-corrected chi connectivity index (χ4v) is 10.7. The van der Waals surface area contributed by atoms with Crippen molar-refractivity contribution < 1.29 is 0 Å². The summed E-state index contributed by atoms with van der Waals surface area (Å²) in [7, 11) is 0. The zero-order chi connectivity index (χ0) is 19.1. The van der Waals surface area contributed by atoms with Gasteiger partial charge < -0.3 is 0 Å². The minimum absolute atomic E-state index is 0.816. The third-order valence-corrected chi connectivity index (χ3v) is 11.8. The van der Waals surface area contributed by atoms with Gasteiger partial charge in [0.25, 0.3) is 0 Å². The highest BCUT2D eigenvalue weighted by Gasteiger charge is 2.56. The van der Waals surface area contributed by atoms with Gasteiger partial charge in [0.1, 0.15) is 0 Å². The average Bonchev–Trinajstić information content (AvgIpc) is 2.73. The third kappa shape index (κ3) is 4.05. The molecular weight excluding hydrogens is 472 g/mol. The van der Waals surface area contributed by atoms with E-state index >= 15 is 0 Å². The molecule has 5 aliphatic rings. The van der Waals surface area contributed by atoms with Crippen LogP contribution in [0.2, 0.25) is 0 Å². The molecule has 0 N–H and O–H groups in total. The van der Waals surface area contributed by atoms with Crippen molar-refractivity contribution in [3.63, 3.8) is 0 Å². The SMILES string of the molecule is BrC1CCC2C(C1)C(C1CCCCC1)C1CCC(Br)CC1C2C1CCCCC1. The van der Waals surface area contributed by atoms with Crippen molar-refractivity contribution in [3.05, 3.63) is 0 Å². The Bertz CT molecular complexity index is 461. The highest BCUT2D eigenvalue weighted by Crippen LogP contribution is 2.62. The van der Waals surface area contributed by atoms with Crippen LogP contribution in [0, 0.1) is 47.3 Å². The van der Waals surface area contributed by atoms with E-state index in [-0.39, 0.29) is 0 Å². The molecule has 0 spiro atoms. The van der Waals surface area contributed by atoms with Gasteiger partial charge in [-0.05, 0) is 85.9 Å². The first-order chi connectivity index (χ1) is 13.7. The Labute approximate surface area is 191 Å². The van der Waals surface area contributed by atoms with Crippen molar-refractivity contribution >= 4 is 31.9 Å². The van der Waals surface area contributed by atoms with E-state index in [1.165, 1.54) is 64.2 Å². The van der Waals surface area contributed by atoms with E-state index in [9.17, 15) is 0 Å². The van der Waals surface area contributed by atoms with Gasteiger partial charge in [-0.15, -0.1) is 0 Å². The van der Waals surface area contributed by atoms with E-state index in [2.05, 4.69) is 31.9 Å². The van der Waals surface area contributed by atoms with Crippen LogP contribution in [0.1, 0.15) is 103 Å². The van der Waals surface area contributed by atoms with Gasteiger partial charge in [-0.25, -0.2) is 0 Å². The standard InChI is InChI=1S/C26H42Br2/c27-19-12-14-22-23(15-19)25(17-7-3-1-4-8-17)21-13-11-20(28)16-24(21)26(22)18-9-5-2-6-10-18/h17-26H,1-16H2. The lowest BCUT2D eigenvalue weighted by molar-refractivity contribution is -0.109. The summed E-state index contributed by atoms with van der Waals surface area (Å²) in [4.78, 5) is 1.63. The Morgan fingerprint density at radius 1 is 0.393 bits per heavy atom. The summed E-state index contributed by atoms with van der Waals surface area (Å²) < 4.78 is 0. The van der Waals surface area contributed by atoms with E-state index in [0.717, 1.165) is 57.0 Å². The fourth-order valence-electron chi connectivity index (χ4n) is 9.26. The third-order valence-electron chi connectivity index (χ3n) is 10.1. The molecule has 5 saturated carbocycles. The molecule has 0 aliphatic heterocycles. The molecule has 160 valence electrons. The summed E-state index contributed by atoms with van der Waals surface area (Å²) in [6, 6.07) is 0. The van der Waals surface area contributed by atoms with Crippen LogP contribution in [0.4, 0.5) is 0 Å². The van der Waals surface area contributed by atoms with Gasteiger partial charge in [0, 0.05) is 9.65 Å². The molecule has 8 atom stereocenters. The first-order valence-electron chi connectivity index (χ1n) is 13.0. The normalized spacial score (nSPS) is 48.6. The van der Waals surface area contributed by atoms with E-state index in [1.54, 1.807) is 38.5 Å². The second-order valence-corrected chi connectivity index (χ2v) is 14.0. The quantitative estimate of drug-likeness (QED) is 0.323. The first kappa shape index (κ1) is 20.8. The predicted octanol–water partition coefficient (Wildman–Crippen LogP) is 8.75. The van der Waals surface area contributed by atoms with Crippen LogP contribution in [0.3, 0.4) is 0 Å². The lowest BCUT2D eigenvalue weighted by atomic mass is 9.45. The number of halogens is 2. The Morgan fingerprint density at radius 3 is 1.18 bits per heavy atom. The number of fused-ring (bicyclic) bond motifs is 2. The summed E-state index contributed by atoms with van der Waals surface area (Å²) in [5.41, 5.74) is 0. The number of hydrogen-bond acceptors (Lipinski definition) is 0. The Morgan fingerprint density at radius 2 is 0.786 bits per heavy atom. The van der Waals surface area contributed by atoms with Gasteiger partial charge in [-0.1, -0.05) is 96.1 Å². The highest BCUT2D eigenvalue weighted by molar-refractivity contribution is 9.09. The first-order valence-corrected chi connectivity index (χ1v) is 14.8. The summed E-state index contributed by atoms with van der Waals surface area (Å²) in [6.45, 7) is 0. The maximum atomic E-state index is 4.11. The summed E-state index contributed by atoms with van der Waals surface area (Å²) >= 11 is 8.22. The molecule has 5 fully saturated rings. The molecule has 0 amide bonds. The molecule has 0 aromatic heterocycles. The maximum Gasteiger partial charge on any atom is 0.0148 e. The maximum absolute atomic E-state index is 4.11. The van der Waals surface area contributed by atoms with Crippen molar-refractivity contribution in [2.75, 3.05) is 0 Å². The van der Waals surface area contributed by atoms with Crippen molar-refractivity contribution in [1.29, 1.82) is 0 Å². The Hall–Kier alpha value is 0.960. The summed E-state index contributed by atoms with van der Waals surface area (Å²) in [6.07, 6.45) is 24.4. The van der Waals surface area contributed by atoms with Crippen molar-refractivity contribution in [1.82, 2.24) is 0 Å². The Kier molecular flexibility index (Phi) is 6.86. The van der Waals surface area contributed by atoms with Crippen LogP contribution in [-0.4, -0.2) is 9.65 Å². The summed E-state index contributed by atoms with van der Waals surface area (Å²) in [5, 5.41) is 0. The Balaban J connectivity index is 1.48. The topological polar surface area (TPSA) is 0 Å². The van der Waals surface area contributed by atoms with Crippen LogP contribution in [0.15, 0.2) is 0 Å². The smallest absolute Gasteiger partial charge is 0.0148 e. The van der Waals surface area contributed by atoms with Crippen LogP contribution in [0.25, 0.3) is 0 Å². The van der Waals surface area contributed by atoms with E-state index in [1.807, 2.05) is 0 Å². The minimum Gasteiger partial charge on any atom is -0.0891 e. The zero-order valence-electron chi connectivity index (χ0n) is 17.8. The molecule has 0 saturated heterocycles. The zero-order valence-corrected chi connectivity index (χ0v) is 21.0. The molecule has 8 unspecified atom stereocenters. The fraction of sp³-hybridized carbons (Fsp3) is 1.00. The van der Waals surface area contributed by atoms with Crippen LogP contribution >= 0.6 is 31.9 Å². The highest BCUT2D eigenvalue weighted by atomic mass is 79.9. The van der Waals surface area contributed by atoms with E-state index in [0.29, 0.717) is 0 Å². The van der Waals surface area contributed by atoms with Crippen molar-refractivity contribution in [3.8, 4) is 0 Å². The van der Waals surface area contributed by atoms with Crippen molar-refractivity contribution in [2.45, 2.75) is 112 Å². The molecule has 0 radical (unpaired) electrons. The lowest BCUT2D eigenvalue weighted by Crippen LogP contribution is -2.55. The molecule has 5 rings (SSSR count).